The average molecular weight is 388 g/mol. The summed E-state index contributed by atoms with van der Waals surface area (Å²) in [5.41, 5.74) is 4.04. The molecule has 0 unspecified atom stereocenters. The van der Waals surface area contributed by atoms with Crippen LogP contribution in [0, 0.1) is 6.92 Å². The number of thioether (sulfide) groups is 1. The van der Waals surface area contributed by atoms with Gasteiger partial charge in [-0.15, -0.1) is 0 Å². The third-order valence-electron chi connectivity index (χ3n) is 4.42. The van der Waals surface area contributed by atoms with Crippen molar-refractivity contribution in [2.75, 3.05) is 11.4 Å². The second kappa shape index (κ2) is 7.82. The van der Waals surface area contributed by atoms with Crippen LogP contribution in [0.5, 0.6) is 11.5 Å². The second-order valence-electron chi connectivity index (χ2n) is 6.61. The summed E-state index contributed by atoms with van der Waals surface area (Å²) in [6.07, 6.45) is 2.01. The highest BCUT2D eigenvalue weighted by Gasteiger charge is 2.25. The molecule has 3 aromatic rings. The lowest BCUT2D eigenvalue weighted by Gasteiger charge is -2.17. The van der Waals surface area contributed by atoms with E-state index in [4.69, 9.17) is 4.99 Å². The first kappa shape index (κ1) is 18.2. The quantitative estimate of drug-likeness (QED) is 0.566. The number of nitrogens with zero attached hydrogens (tertiary/aromatic N) is 2. The van der Waals surface area contributed by atoms with Gasteiger partial charge in [0.15, 0.2) is 16.7 Å². The van der Waals surface area contributed by atoms with Crippen LogP contribution >= 0.6 is 11.8 Å². The number of hydrogen-bond donors (Lipinski definition) is 2. The topological polar surface area (TPSA) is 56.1 Å². The summed E-state index contributed by atoms with van der Waals surface area (Å²) in [7, 11) is 0. The molecule has 5 heteroatoms. The number of anilines is 1. The molecule has 1 aliphatic heterocycles. The van der Waals surface area contributed by atoms with Crippen LogP contribution in [-0.2, 0) is 0 Å². The van der Waals surface area contributed by atoms with Crippen molar-refractivity contribution in [1.29, 1.82) is 0 Å². The number of aliphatic imine (C=N–C) groups is 1. The van der Waals surface area contributed by atoms with Gasteiger partial charge in [0.05, 0.1) is 12.2 Å². The summed E-state index contributed by atoms with van der Waals surface area (Å²) < 4.78 is 0. The standard InChI is InChI=1S/C23H20N2O2S/c1-16-7-10-18(11-8-16)24-23-25(19-5-3-2-4-6-19)15-20(28-23)13-17-9-12-21(26)22(27)14-17/h2-14,26-27H,15H2,1H3. The zero-order chi connectivity index (χ0) is 19.5. The first-order valence-electron chi connectivity index (χ1n) is 8.97. The highest BCUT2D eigenvalue weighted by Crippen LogP contribution is 2.37. The lowest BCUT2D eigenvalue weighted by molar-refractivity contribution is 0.403. The Hall–Kier alpha value is -3.18. The number of rotatable bonds is 3. The minimum Gasteiger partial charge on any atom is -0.504 e. The predicted molar refractivity (Wildman–Crippen MR) is 117 cm³/mol. The Bertz CT molecular complexity index is 1040. The van der Waals surface area contributed by atoms with E-state index in [0.717, 1.165) is 27.0 Å². The van der Waals surface area contributed by atoms with Crippen molar-refractivity contribution in [1.82, 2.24) is 0 Å². The van der Waals surface area contributed by atoms with Crippen LogP contribution in [0.15, 0.2) is 82.7 Å². The fraction of sp³-hybridized carbons (Fsp3) is 0.0870. The molecule has 0 atom stereocenters. The monoisotopic (exact) mass is 388 g/mol. The van der Waals surface area contributed by atoms with Gasteiger partial charge in [0, 0.05) is 10.6 Å². The lowest BCUT2D eigenvalue weighted by Crippen LogP contribution is -2.23. The molecular formula is C23H20N2O2S. The van der Waals surface area contributed by atoms with Crippen LogP contribution in [0.4, 0.5) is 11.4 Å². The third kappa shape index (κ3) is 4.05. The first-order valence-corrected chi connectivity index (χ1v) is 9.78. The molecule has 0 saturated carbocycles. The van der Waals surface area contributed by atoms with Gasteiger partial charge < -0.3 is 15.1 Å². The smallest absolute Gasteiger partial charge is 0.173 e. The first-order chi connectivity index (χ1) is 13.6. The Labute approximate surface area is 168 Å². The van der Waals surface area contributed by atoms with Crippen molar-refractivity contribution in [3.8, 4) is 11.5 Å². The van der Waals surface area contributed by atoms with E-state index in [1.54, 1.807) is 23.9 Å². The highest BCUT2D eigenvalue weighted by atomic mass is 32.2. The van der Waals surface area contributed by atoms with Crippen LogP contribution in [0.1, 0.15) is 11.1 Å². The van der Waals surface area contributed by atoms with E-state index in [9.17, 15) is 10.2 Å². The van der Waals surface area contributed by atoms with E-state index in [-0.39, 0.29) is 11.5 Å². The maximum absolute atomic E-state index is 9.75. The van der Waals surface area contributed by atoms with Gasteiger partial charge in [-0.1, -0.05) is 53.7 Å². The molecule has 0 spiro atoms. The van der Waals surface area contributed by atoms with E-state index < -0.39 is 0 Å². The third-order valence-corrected chi connectivity index (χ3v) is 5.42. The molecule has 2 N–H and O–H groups in total. The average Bonchev–Trinajstić information content (AvgIpc) is 3.09. The van der Waals surface area contributed by atoms with Gasteiger partial charge in [0.25, 0.3) is 0 Å². The van der Waals surface area contributed by atoms with Crippen LogP contribution in [-0.4, -0.2) is 21.9 Å². The largest absolute Gasteiger partial charge is 0.504 e. The van der Waals surface area contributed by atoms with Gasteiger partial charge in [-0.3, -0.25) is 0 Å². The number of phenolic OH excluding ortho intramolecular Hbond substituents is 2. The van der Waals surface area contributed by atoms with Gasteiger partial charge in [-0.05, 0) is 55.0 Å². The van der Waals surface area contributed by atoms with Crippen molar-refractivity contribution in [2.45, 2.75) is 6.92 Å². The number of para-hydroxylation sites is 1. The molecular weight excluding hydrogens is 368 g/mol. The van der Waals surface area contributed by atoms with E-state index in [2.05, 4.69) is 36.1 Å². The van der Waals surface area contributed by atoms with Gasteiger partial charge >= 0.3 is 0 Å². The molecule has 4 rings (SSSR count). The molecule has 0 aromatic heterocycles. The molecule has 3 aromatic carbocycles. The van der Waals surface area contributed by atoms with Gasteiger partial charge in [0.2, 0.25) is 0 Å². The van der Waals surface area contributed by atoms with Gasteiger partial charge in [0.1, 0.15) is 0 Å². The normalized spacial score (nSPS) is 16.8. The molecule has 0 bridgehead atoms. The van der Waals surface area contributed by atoms with E-state index in [1.807, 2.05) is 36.4 Å². The van der Waals surface area contributed by atoms with Crippen LogP contribution in [0.25, 0.3) is 6.08 Å². The molecule has 0 amide bonds. The van der Waals surface area contributed by atoms with Gasteiger partial charge in [-0.2, -0.15) is 0 Å². The fourth-order valence-electron chi connectivity index (χ4n) is 2.94. The number of benzene rings is 3. The molecule has 28 heavy (non-hydrogen) atoms. The van der Waals surface area contributed by atoms with E-state index in [1.165, 1.54) is 11.6 Å². The Kier molecular flexibility index (Phi) is 5.08. The van der Waals surface area contributed by atoms with Crippen LogP contribution in [0.2, 0.25) is 0 Å². The predicted octanol–water partition coefficient (Wildman–Crippen LogP) is 5.69. The Morgan fingerprint density at radius 2 is 1.68 bits per heavy atom. The van der Waals surface area contributed by atoms with Crippen molar-refractivity contribution in [3.05, 3.63) is 88.8 Å². The van der Waals surface area contributed by atoms with Crippen molar-refractivity contribution >= 4 is 34.4 Å². The summed E-state index contributed by atoms with van der Waals surface area (Å²) in [4.78, 5) is 8.14. The number of phenols is 2. The maximum atomic E-state index is 9.75. The SMILES string of the molecule is Cc1ccc(N=C2SC(=Cc3ccc(O)c(O)c3)CN2c2ccccc2)cc1. The van der Waals surface area contributed by atoms with E-state index in [0.29, 0.717) is 6.54 Å². The van der Waals surface area contributed by atoms with E-state index >= 15 is 0 Å². The Morgan fingerprint density at radius 1 is 0.929 bits per heavy atom. The number of amidine groups is 1. The summed E-state index contributed by atoms with van der Waals surface area (Å²) >= 11 is 1.61. The molecule has 1 heterocycles. The minimum atomic E-state index is -0.120. The summed E-state index contributed by atoms with van der Waals surface area (Å²) in [5, 5.41) is 20.2. The fourth-order valence-corrected chi connectivity index (χ4v) is 4.00. The lowest BCUT2D eigenvalue weighted by atomic mass is 10.2. The second-order valence-corrected chi connectivity index (χ2v) is 7.71. The Balaban J connectivity index is 1.69. The zero-order valence-electron chi connectivity index (χ0n) is 15.4. The molecule has 1 fully saturated rings. The molecule has 1 aliphatic rings. The molecule has 140 valence electrons. The summed E-state index contributed by atoms with van der Waals surface area (Å²) in [6, 6.07) is 23.2. The van der Waals surface area contributed by atoms with Crippen LogP contribution < -0.4 is 4.90 Å². The summed E-state index contributed by atoms with van der Waals surface area (Å²) in [5.74, 6) is -0.237. The Morgan fingerprint density at radius 3 is 2.39 bits per heavy atom. The molecule has 4 nitrogen and oxygen atoms in total. The molecule has 0 radical (unpaired) electrons. The van der Waals surface area contributed by atoms with Crippen molar-refractivity contribution in [3.63, 3.8) is 0 Å². The van der Waals surface area contributed by atoms with Gasteiger partial charge in [-0.25, -0.2) is 4.99 Å². The summed E-state index contributed by atoms with van der Waals surface area (Å²) in [6.45, 7) is 2.76. The maximum Gasteiger partial charge on any atom is 0.173 e. The van der Waals surface area contributed by atoms with Crippen molar-refractivity contribution in [2.24, 2.45) is 4.99 Å². The highest BCUT2D eigenvalue weighted by molar-refractivity contribution is 8.18. The number of hydrogen-bond acceptors (Lipinski definition) is 4. The van der Waals surface area contributed by atoms with Crippen molar-refractivity contribution < 1.29 is 10.2 Å². The van der Waals surface area contributed by atoms with Crippen LogP contribution in [0.3, 0.4) is 0 Å². The number of aryl methyl sites for hydroxylation is 1. The molecule has 0 aliphatic carbocycles. The number of aromatic hydroxyl groups is 2. The zero-order valence-corrected chi connectivity index (χ0v) is 16.2. The molecule has 1 saturated heterocycles. The minimum absolute atomic E-state index is 0.117.